The maximum atomic E-state index is 12.6. The molecule has 0 spiro atoms. The quantitative estimate of drug-likeness (QED) is 0.479. The van der Waals surface area contributed by atoms with Crippen LogP contribution >= 0.6 is 0 Å². The highest BCUT2D eigenvalue weighted by Gasteiger charge is 2.17. The lowest BCUT2D eigenvalue weighted by Gasteiger charge is -2.30. The molecule has 0 amide bonds. The second kappa shape index (κ2) is 10.3. The van der Waals surface area contributed by atoms with Crippen molar-refractivity contribution >= 4 is 15.7 Å². The molecule has 1 aliphatic heterocycles. The molecule has 0 aliphatic carbocycles. The van der Waals surface area contributed by atoms with Crippen LogP contribution in [0, 0.1) is 0 Å². The molecule has 174 valence electrons. The van der Waals surface area contributed by atoms with Gasteiger partial charge in [0.2, 0.25) is 10.0 Å². The zero-order valence-corrected chi connectivity index (χ0v) is 19.9. The van der Waals surface area contributed by atoms with Crippen molar-refractivity contribution in [1.82, 2.24) is 4.72 Å². The molecular weight excluding hydrogens is 436 g/mol. The number of rotatable bonds is 9. The van der Waals surface area contributed by atoms with Gasteiger partial charge in [-0.2, -0.15) is 0 Å². The third kappa shape index (κ3) is 5.49. The van der Waals surface area contributed by atoms with Gasteiger partial charge in [-0.25, -0.2) is 13.1 Å². The Hall–Kier alpha value is -3.03. The lowest BCUT2D eigenvalue weighted by Crippen LogP contribution is -2.30. The van der Waals surface area contributed by atoms with Crippen LogP contribution in [-0.4, -0.2) is 35.7 Å². The van der Waals surface area contributed by atoms with Crippen molar-refractivity contribution in [3.05, 3.63) is 83.4 Å². The summed E-state index contributed by atoms with van der Waals surface area (Å²) in [5.74, 6) is 0.881. The van der Waals surface area contributed by atoms with Crippen molar-refractivity contribution < 1.29 is 17.9 Å². The fourth-order valence-electron chi connectivity index (χ4n) is 4.16. The van der Waals surface area contributed by atoms with Crippen molar-refractivity contribution in [2.75, 3.05) is 32.2 Å². The van der Waals surface area contributed by atoms with Crippen LogP contribution in [0.3, 0.4) is 0 Å². The number of sulfonamides is 1. The summed E-state index contributed by atoms with van der Waals surface area (Å²) in [6, 6.07) is 21.8. The minimum absolute atomic E-state index is 0.160. The Bertz CT molecular complexity index is 1190. The van der Waals surface area contributed by atoms with Crippen molar-refractivity contribution in [2.24, 2.45) is 0 Å². The van der Waals surface area contributed by atoms with Gasteiger partial charge in [0.05, 0.1) is 19.1 Å². The number of anilines is 1. The number of fused-ring (bicyclic) bond motifs is 1. The number of nitrogens with one attached hydrogen (secondary N) is 1. The first-order valence-electron chi connectivity index (χ1n) is 11.1. The minimum Gasteiger partial charge on any atom is -0.493 e. The summed E-state index contributed by atoms with van der Waals surface area (Å²) < 4.78 is 38.3. The van der Waals surface area contributed by atoms with Gasteiger partial charge in [0.1, 0.15) is 0 Å². The van der Waals surface area contributed by atoms with E-state index in [2.05, 4.69) is 58.2 Å². The molecule has 3 aromatic rings. The zero-order valence-electron chi connectivity index (χ0n) is 19.1. The summed E-state index contributed by atoms with van der Waals surface area (Å²) in [6.45, 7) is 2.32. The van der Waals surface area contributed by atoms with Crippen LogP contribution in [0.4, 0.5) is 5.69 Å². The maximum absolute atomic E-state index is 12.6. The molecule has 0 bridgehead atoms. The van der Waals surface area contributed by atoms with E-state index in [1.54, 1.807) is 6.07 Å². The highest BCUT2D eigenvalue weighted by molar-refractivity contribution is 7.89. The third-order valence-electron chi connectivity index (χ3n) is 6.03. The molecule has 7 heteroatoms. The van der Waals surface area contributed by atoms with Gasteiger partial charge in [0, 0.05) is 31.4 Å². The average Bonchev–Trinajstić information content (AvgIpc) is 2.86. The fraction of sp³-hybridized carbons (Fsp3) is 0.308. The molecule has 6 nitrogen and oxygen atoms in total. The number of methoxy groups -OCH3 is 2. The van der Waals surface area contributed by atoms with Crippen molar-refractivity contribution in [1.29, 1.82) is 0 Å². The fourth-order valence-corrected chi connectivity index (χ4v) is 5.24. The molecular formula is C26H30N2O4S. The Morgan fingerprint density at radius 1 is 0.909 bits per heavy atom. The first-order chi connectivity index (χ1) is 16.0. The Labute approximate surface area is 196 Å². The molecule has 3 aromatic carbocycles. The Kier molecular flexibility index (Phi) is 7.20. The predicted molar refractivity (Wildman–Crippen MR) is 131 cm³/mol. The predicted octanol–water partition coefficient (Wildman–Crippen LogP) is 4.18. The summed E-state index contributed by atoms with van der Waals surface area (Å²) in [7, 11) is -0.611. The van der Waals surface area contributed by atoms with Crippen LogP contribution in [0.2, 0.25) is 0 Å². The van der Waals surface area contributed by atoms with Crippen LogP contribution in [0.25, 0.3) is 0 Å². The van der Waals surface area contributed by atoms with E-state index >= 15 is 0 Å². The molecule has 0 saturated carbocycles. The molecule has 1 N–H and O–H groups in total. The van der Waals surface area contributed by atoms with E-state index in [1.165, 1.54) is 48.7 Å². The van der Waals surface area contributed by atoms with Crippen LogP contribution in [0.5, 0.6) is 11.5 Å². The molecule has 1 heterocycles. The largest absolute Gasteiger partial charge is 0.493 e. The molecule has 0 saturated heterocycles. The molecule has 0 radical (unpaired) electrons. The van der Waals surface area contributed by atoms with E-state index in [0.29, 0.717) is 24.5 Å². The van der Waals surface area contributed by atoms with Gasteiger partial charge in [-0.3, -0.25) is 0 Å². The van der Waals surface area contributed by atoms with Gasteiger partial charge in [0.25, 0.3) is 0 Å². The highest BCUT2D eigenvalue weighted by Crippen LogP contribution is 2.29. The Balaban J connectivity index is 1.29. The topological polar surface area (TPSA) is 67.9 Å². The van der Waals surface area contributed by atoms with Crippen LogP contribution in [-0.2, 0) is 29.4 Å². The average molecular weight is 467 g/mol. The number of ether oxygens (including phenoxy) is 2. The van der Waals surface area contributed by atoms with Crippen LogP contribution in [0.1, 0.15) is 23.1 Å². The molecule has 0 atom stereocenters. The van der Waals surface area contributed by atoms with Crippen molar-refractivity contribution in [3.8, 4) is 11.5 Å². The third-order valence-corrected chi connectivity index (χ3v) is 7.49. The van der Waals surface area contributed by atoms with E-state index in [1.807, 2.05) is 0 Å². The van der Waals surface area contributed by atoms with Crippen molar-refractivity contribution in [3.63, 3.8) is 0 Å². The van der Waals surface area contributed by atoms with Crippen molar-refractivity contribution in [2.45, 2.75) is 30.7 Å². The summed E-state index contributed by atoms with van der Waals surface area (Å²) in [6.07, 6.45) is 2.58. The summed E-state index contributed by atoms with van der Waals surface area (Å²) >= 11 is 0. The molecule has 1 aliphatic rings. The van der Waals surface area contributed by atoms with E-state index in [4.69, 9.17) is 9.47 Å². The lowest BCUT2D eigenvalue weighted by atomic mass is 9.99. The molecule has 0 fully saturated rings. The summed E-state index contributed by atoms with van der Waals surface area (Å²) in [4.78, 5) is 2.57. The lowest BCUT2D eigenvalue weighted by molar-refractivity contribution is 0.354. The van der Waals surface area contributed by atoms with Crippen LogP contribution in [0.15, 0.2) is 71.6 Å². The van der Waals surface area contributed by atoms with Gasteiger partial charge >= 0.3 is 0 Å². The first-order valence-corrected chi connectivity index (χ1v) is 12.6. The number of aryl methyl sites for hydroxylation is 1. The van der Waals surface area contributed by atoms with Gasteiger partial charge in [0.15, 0.2) is 11.5 Å². The zero-order chi connectivity index (χ0) is 23.3. The normalized spacial score (nSPS) is 13.5. The van der Waals surface area contributed by atoms with E-state index in [9.17, 15) is 8.42 Å². The SMILES string of the molecule is COc1ccc(S(=O)(=O)NCCCc2ccc(N3CCc4ccccc4C3)cc2)cc1OC. The number of hydrogen-bond acceptors (Lipinski definition) is 5. The highest BCUT2D eigenvalue weighted by atomic mass is 32.2. The molecule has 0 aromatic heterocycles. The second-order valence-corrected chi connectivity index (χ2v) is 9.89. The number of benzene rings is 3. The minimum atomic E-state index is -3.61. The summed E-state index contributed by atoms with van der Waals surface area (Å²) in [5.41, 5.74) is 5.26. The van der Waals surface area contributed by atoms with Crippen LogP contribution < -0.4 is 19.1 Å². The summed E-state index contributed by atoms with van der Waals surface area (Å²) in [5, 5.41) is 0. The smallest absolute Gasteiger partial charge is 0.240 e. The Morgan fingerprint density at radius 3 is 2.36 bits per heavy atom. The monoisotopic (exact) mass is 466 g/mol. The Morgan fingerprint density at radius 2 is 1.64 bits per heavy atom. The number of hydrogen-bond donors (Lipinski definition) is 1. The number of nitrogens with zero attached hydrogens (tertiary/aromatic N) is 1. The van der Waals surface area contributed by atoms with Gasteiger partial charge in [-0.05, 0) is 60.2 Å². The molecule has 0 unspecified atom stereocenters. The maximum Gasteiger partial charge on any atom is 0.240 e. The van der Waals surface area contributed by atoms with Gasteiger partial charge in [-0.1, -0.05) is 36.4 Å². The first kappa shape index (κ1) is 23.1. The van der Waals surface area contributed by atoms with Gasteiger partial charge in [-0.15, -0.1) is 0 Å². The van der Waals surface area contributed by atoms with E-state index in [-0.39, 0.29) is 4.90 Å². The molecule has 33 heavy (non-hydrogen) atoms. The van der Waals surface area contributed by atoms with E-state index < -0.39 is 10.0 Å². The van der Waals surface area contributed by atoms with Gasteiger partial charge < -0.3 is 14.4 Å². The second-order valence-electron chi connectivity index (χ2n) is 8.12. The standard InChI is InChI=1S/C26H30N2O4S/c1-31-25-14-13-24(18-26(25)32-2)33(29,30)27-16-5-6-20-9-11-23(12-10-20)28-17-15-21-7-3-4-8-22(21)19-28/h3-4,7-14,18,27H,5-6,15-17,19H2,1-2H3. The molecule has 4 rings (SSSR count). The van der Waals surface area contributed by atoms with E-state index in [0.717, 1.165) is 25.9 Å².